The van der Waals surface area contributed by atoms with Crippen LogP contribution < -0.4 is 5.32 Å². The monoisotopic (exact) mass is 854 g/mol. The highest BCUT2D eigenvalue weighted by atomic mass is 35.5. The maximum absolute atomic E-state index is 15.2. The Morgan fingerprint density at radius 2 is 1.85 bits per heavy atom. The summed E-state index contributed by atoms with van der Waals surface area (Å²) < 4.78 is 19.4. The number of Topliss-reactive ketones (excluding diaryl/α,β-unsaturated/α-hetero) is 1. The lowest BCUT2D eigenvalue weighted by Gasteiger charge is -2.55. The van der Waals surface area contributed by atoms with Crippen molar-refractivity contribution in [3.63, 3.8) is 0 Å². The number of carboxylic acids is 1. The van der Waals surface area contributed by atoms with Crippen LogP contribution in [0.2, 0.25) is 10.2 Å². The average Bonchev–Trinajstić information content (AvgIpc) is 3.65. The number of fused-ring (bicyclic) bond motifs is 4. The Kier molecular flexibility index (Phi) is 12.0. The van der Waals surface area contributed by atoms with Crippen molar-refractivity contribution in [2.45, 2.75) is 129 Å². The zero-order valence-corrected chi connectivity index (χ0v) is 35.9. The molecule has 2 aliphatic heterocycles. The van der Waals surface area contributed by atoms with Gasteiger partial charge < -0.3 is 39.8 Å². The molecule has 1 aromatic heterocycles. The topological polar surface area (TPSA) is 184 Å². The number of ether oxygens (including phenoxy) is 3. The minimum absolute atomic E-state index is 0.0225. The van der Waals surface area contributed by atoms with E-state index >= 15 is 4.79 Å². The molecule has 1 spiro atoms. The number of aliphatic hydroxyl groups excluding tert-OH is 2. The Bertz CT molecular complexity index is 2040. The van der Waals surface area contributed by atoms with E-state index < -0.39 is 76.6 Å². The first-order chi connectivity index (χ1) is 27.9. The number of carbonyl (C=O) groups excluding carboxylic acids is 3. The SMILES string of the molecule is CC[C@H]1C[C@]23OC(=O)/C(=C(\O)[C@@]4(CC)[C@@H]5CC[C@H](C)[C@H](O[C@H]6C[C@@H](O)[C@H](NC(=O)c7[nH]c(Cl)cc7Cl)[C@@H](C)O6)[C@H]5C=C[C@H]4C/C=C\C/C(C)=C\[C@@]2(C)C=C1C(=O)O)C3=O. The Balaban J connectivity index is 1.23. The van der Waals surface area contributed by atoms with E-state index in [4.69, 9.17) is 37.4 Å². The summed E-state index contributed by atoms with van der Waals surface area (Å²) >= 11 is 12.2. The zero-order valence-electron chi connectivity index (χ0n) is 34.4. The first-order valence-electron chi connectivity index (χ1n) is 20.9. The first kappa shape index (κ1) is 43.4. The van der Waals surface area contributed by atoms with Crippen molar-refractivity contribution in [1.29, 1.82) is 0 Å². The molecule has 2 bridgehead atoms. The number of hydrogen-bond donors (Lipinski definition) is 5. The van der Waals surface area contributed by atoms with Gasteiger partial charge in [0.05, 0.1) is 34.8 Å². The van der Waals surface area contributed by atoms with E-state index in [9.17, 15) is 29.7 Å². The Hall–Kier alpha value is -3.68. The van der Waals surface area contributed by atoms with Crippen LogP contribution in [0.15, 0.2) is 65.0 Å². The molecule has 1 aromatic rings. The van der Waals surface area contributed by atoms with E-state index in [0.717, 1.165) is 12.0 Å². The van der Waals surface area contributed by atoms with Gasteiger partial charge >= 0.3 is 11.9 Å². The molecular formula is C45H56Cl2N2O10. The number of H-pyrrole nitrogens is 1. The van der Waals surface area contributed by atoms with Crippen LogP contribution in [0.5, 0.6) is 0 Å². The number of carboxylic acid groups (broad SMARTS) is 1. The van der Waals surface area contributed by atoms with Crippen LogP contribution in [0.1, 0.15) is 103 Å². The van der Waals surface area contributed by atoms with Crippen LogP contribution in [0, 0.1) is 40.4 Å². The lowest BCUT2D eigenvalue weighted by molar-refractivity contribution is -0.258. The summed E-state index contributed by atoms with van der Waals surface area (Å²) in [7, 11) is 0. The average molecular weight is 856 g/mol. The number of nitrogens with one attached hydrogen (secondary N) is 2. The second-order valence-electron chi connectivity index (χ2n) is 17.8. The van der Waals surface area contributed by atoms with Gasteiger partial charge in [-0.05, 0) is 89.0 Å². The van der Waals surface area contributed by atoms with Gasteiger partial charge in [0.2, 0.25) is 5.78 Å². The number of rotatable bonds is 7. The molecule has 5 N–H and O–H groups in total. The van der Waals surface area contributed by atoms with Crippen LogP contribution in [-0.2, 0) is 28.6 Å². The summed E-state index contributed by atoms with van der Waals surface area (Å²) in [5, 5.41) is 37.6. The number of aliphatic carboxylic acids is 1. The molecule has 12 nitrogen and oxygen atoms in total. The van der Waals surface area contributed by atoms with Gasteiger partial charge in [0.1, 0.15) is 22.2 Å². The summed E-state index contributed by atoms with van der Waals surface area (Å²) in [6, 6.07) is 0.664. The highest BCUT2D eigenvalue weighted by molar-refractivity contribution is 6.36. The molecule has 2 saturated heterocycles. The van der Waals surface area contributed by atoms with Gasteiger partial charge in [0, 0.05) is 29.7 Å². The third-order valence-corrected chi connectivity index (χ3v) is 14.9. The maximum Gasteiger partial charge on any atom is 0.346 e. The highest BCUT2D eigenvalue weighted by Crippen LogP contribution is 2.61. The molecule has 59 heavy (non-hydrogen) atoms. The van der Waals surface area contributed by atoms with Crippen molar-refractivity contribution in [2.75, 3.05) is 0 Å². The number of ketones is 1. The van der Waals surface area contributed by atoms with Gasteiger partial charge in [0.15, 0.2) is 11.9 Å². The Morgan fingerprint density at radius 3 is 2.49 bits per heavy atom. The molecule has 0 aromatic carbocycles. The minimum atomic E-state index is -1.75. The van der Waals surface area contributed by atoms with Crippen LogP contribution >= 0.6 is 23.2 Å². The number of aromatic amines is 1. The predicted octanol–water partition coefficient (Wildman–Crippen LogP) is 7.97. The molecular weight excluding hydrogens is 799 g/mol. The van der Waals surface area contributed by atoms with Crippen molar-refractivity contribution in [2.24, 2.45) is 40.4 Å². The number of amides is 1. The number of carbonyl (C=O) groups is 4. The minimum Gasteiger partial charge on any atom is -0.511 e. The fraction of sp³-hybridized carbons (Fsp3) is 0.600. The standard InChI is InChI=1S/C45H56Cl2N2O10/c1-7-25-20-45-39(52)34(42(56)59-45)38(51)44(8-2)26(12-10-9-11-22(3)19-43(45,6)21-28(25)41(54)55)14-15-27-29(44)16-13-23(4)37(27)58-33-18-31(50)35(24(5)57-33)49-40(53)36-30(46)17-32(47)48-36/h9-10,14-15,17,19,21,23-27,29,31,33,35,37,48,50-51H,7-8,11-13,16,18,20H2,1-6H3,(H,49,53)(H,54,55)/b10-9-,22-19-,38-34-/t23-,24+,25-,26+,27-,29+,31+,33-,35+,37-,43-,44+,45+/m0/s1. The second-order valence-corrected chi connectivity index (χ2v) is 18.6. The van der Waals surface area contributed by atoms with Crippen molar-refractivity contribution in [1.82, 2.24) is 10.3 Å². The molecule has 320 valence electrons. The molecule has 1 saturated carbocycles. The van der Waals surface area contributed by atoms with Crippen molar-refractivity contribution < 1.29 is 48.7 Å². The third kappa shape index (κ3) is 7.24. The lowest BCUT2D eigenvalue weighted by Crippen LogP contribution is -2.58. The van der Waals surface area contributed by atoms with Crippen LogP contribution in [0.4, 0.5) is 0 Å². The van der Waals surface area contributed by atoms with Gasteiger partial charge in [0.25, 0.3) is 5.91 Å². The fourth-order valence-electron chi connectivity index (χ4n) is 11.4. The van der Waals surface area contributed by atoms with Crippen LogP contribution in [0.3, 0.4) is 0 Å². The molecule has 7 rings (SSSR count). The van der Waals surface area contributed by atoms with Crippen LogP contribution in [0.25, 0.3) is 0 Å². The number of aliphatic hydroxyl groups is 2. The molecule has 4 aliphatic carbocycles. The van der Waals surface area contributed by atoms with E-state index in [1.54, 1.807) is 19.9 Å². The molecule has 0 radical (unpaired) electrons. The third-order valence-electron chi connectivity index (χ3n) is 14.4. The molecule has 13 atom stereocenters. The summed E-state index contributed by atoms with van der Waals surface area (Å²) in [5.74, 6) is -4.71. The van der Waals surface area contributed by atoms with Gasteiger partial charge in [-0.25, -0.2) is 9.59 Å². The van der Waals surface area contributed by atoms with Crippen molar-refractivity contribution >= 4 is 46.8 Å². The molecule has 14 heteroatoms. The summed E-state index contributed by atoms with van der Waals surface area (Å²) in [5.41, 5.74) is -3.32. The lowest BCUT2D eigenvalue weighted by atomic mass is 9.51. The number of esters is 1. The Labute approximate surface area is 355 Å². The van der Waals surface area contributed by atoms with E-state index in [2.05, 4.69) is 41.5 Å². The number of aromatic nitrogens is 1. The van der Waals surface area contributed by atoms with Gasteiger partial charge in [-0.1, -0.05) is 86.0 Å². The zero-order chi connectivity index (χ0) is 42.8. The fourth-order valence-corrected chi connectivity index (χ4v) is 11.9. The van der Waals surface area contributed by atoms with E-state index in [0.29, 0.717) is 32.1 Å². The molecule has 0 unspecified atom stereocenters. The quantitative estimate of drug-likeness (QED) is 0.102. The van der Waals surface area contributed by atoms with Crippen molar-refractivity contribution in [3.8, 4) is 0 Å². The first-order valence-corrected chi connectivity index (χ1v) is 21.7. The maximum atomic E-state index is 15.2. The highest BCUT2D eigenvalue weighted by Gasteiger charge is 2.67. The van der Waals surface area contributed by atoms with E-state index in [1.807, 2.05) is 26.8 Å². The van der Waals surface area contributed by atoms with E-state index in [-0.39, 0.29) is 69.3 Å². The normalized spacial score (nSPS) is 42.3. The van der Waals surface area contributed by atoms with Gasteiger partial charge in [-0.2, -0.15) is 0 Å². The molecule has 6 aliphatic rings. The largest absolute Gasteiger partial charge is 0.511 e. The number of hydrogen-bond acceptors (Lipinski definition) is 9. The van der Waals surface area contributed by atoms with Crippen molar-refractivity contribution in [3.05, 3.63) is 80.9 Å². The van der Waals surface area contributed by atoms with Gasteiger partial charge in [-0.15, -0.1) is 0 Å². The second kappa shape index (κ2) is 16.3. The van der Waals surface area contributed by atoms with E-state index in [1.165, 1.54) is 6.07 Å². The smallest absolute Gasteiger partial charge is 0.346 e. The molecule has 3 fully saturated rings. The summed E-state index contributed by atoms with van der Waals surface area (Å²) in [4.78, 5) is 57.7. The number of halogens is 2. The molecule has 3 heterocycles. The summed E-state index contributed by atoms with van der Waals surface area (Å²) in [6.07, 6.45) is 12.3. The van der Waals surface area contributed by atoms with Gasteiger partial charge in [-0.3, -0.25) is 9.59 Å². The van der Waals surface area contributed by atoms with Crippen LogP contribution in [-0.4, -0.2) is 80.2 Å². The molecule has 1 amide bonds. The predicted molar refractivity (Wildman–Crippen MR) is 220 cm³/mol. The number of allylic oxidation sites excluding steroid dienone is 5. The Morgan fingerprint density at radius 1 is 1.10 bits per heavy atom. The summed E-state index contributed by atoms with van der Waals surface area (Å²) in [6.45, 7) is 11.4.